The predicted octanol–water partition coefficient (Wildman–Crippen LogP) is -0.822. The molecule has 0 bridgehead atoms. The number of carbonyl (C=O) groups is 2. The van der Waals surface area contributed by atoms with Crippen LogP contribution in [0.2, 0.25) is 0 Å². The molecular weight excluding hydrogens is 158 g/mol. The molecule has 1 rings (SSSR count). The normalized spacial score (nSPS) is 28.4. The quantitative estimate of drug-likeness (QED) is 0.507. The number of rotatable bonds is 2. The number of nitrogens with two attached hydrogens (primary N) is 1. The van der Waals surface area contributed by atoms with Crippen LogP contribution in [0.3, 0.4) is 0 Å². The van der Waals surface area contributed by atoms with Gasteiger partial charge in [0.2, 0.25) is 5.91 Å². The molecule has 4 N–H and O–H groups in total. The molecule has 0 radical (unpaired) electrons. The first kappa shape index (κ1) is 8.83. The van der Waals surface area contributed by atoms with E-state index in [0.29, 0.717) is 0 Å². The van der Waals surface area contributed by atoms with E-state index in [9.17, 15) is 9.59 Å². The lowest BCUT2D eigenvalue weighted by Gasteiger charge is -2.18. The van der Waals surface area contributed by atoms with E-state index in [1.54, 1.807) is 0 Å². The highest BCUT2D eigenvalue weighted by Gasteiger charge is 2.37. The molecule has 1 aliphatic heterocycles. The number of primary amides is 1. The molecular formula is C7H13N3O2. The molecule has 0 aliphatic carbocycles. The summed E-state index contributed by atoms with van der Waals surface area (Å²) < 4.78 is 0. The standard InChI is InChI=1S/C7H13N3O2/c1-3(2)4-5(6(8)11)10-7(12)9-4/h3-5H,1-2H3,(H2,8,11)(H2,9,10,12). The molecule has 1 saturated heterocycles. The van der Waals surface area contributed by atoms with E-state index >= 15 is 0 Å². The Bertz CT molecular complexity index is 215. The monoisotopic (exact) mass is 171 g/mol. The average Bonchev–Trinajstić information content (AvgIpc) is 2.31. The molecule has 0 aromatic carbocycles. The summed E-state index contributed by atoms with van der Waals surface area (Å²) in [7, 11) is 0. The Labute approximate surface area is 70.7 Å². The number of nitrogens with one attached hydrogen (secondary N) is 2. The van der Waals surface area contributed by atoms with Crippen molar-refractivity contribution in [2.24, 2.45) is 11.7 Å². The Balaban J connectivity index is 2.72. The van der Waals surface area contributed by atoms with Gasteiger partial charge in [0.1, 0.15) is 6.04 Å². The molecule has 1 heterocycles. The van der Waals surface area contributed by atoms with E-state index in [-0.39, 0.29) is 18.0 Å². The second kappa shape index (κ2) is 3.00. The second-order valence-electron chi connectivity index (χ2n) is 3.27. The minimum atomic E-state index is -0.572. The van der Waals surface area contributed by atoms with Crippen molar-refractivity contribution in [3.63, 3.8) is 0 Å². The van der Waals surface area contributed by atoms with E-state index in [1.165, 1.54) is 0 Å². The lowest BCUT2D eigenvalue weighted by Crippen LogP contribution is -2.47. The van der Waals surface area contributed by atoms with Crippen molar-refractivity contribution in [2.45, 2.75) is 25.9 Å². The Morgan fingerprint density at radius 1 is 1.50 bits per heavy atom. The number of hydrogen-bond acceptors (Lipinski definition) is 2. The van der Waals surface area contributed by atoms with Crippen molar-refractivity contribution in [2.75, 3.05) is 0 Å². The van der Waals surface area contributed by atoms with Crippen molar-refractivity contribution in [1.82, 2.24) is 10.6 Å². The van der Waals surface area contributed by atoms with Crippen LogP contribution in [0.15, 0.2) is 0 Å². The van der Waals surface area contributed by atoms with Crippen molar-refractivity contribution < 1.29 is 9.59 Å². The van der Waals surface area contributed by atoms with Crippen molar-refractivity contribution in [3.8, 4) is 0 Å². The molecule has 0 spiro atoms. The van der Waals surface area contributed by atoms with Gasteiger partial charge in [-0.1, -0.05) is 13.8 Å². The van der Waals surface area contributed by atoms with Gasteiger partial charge in [0.25, 0.3) is 0 Å². The van der Waals surface area contributed by atoms with Gasteiger partial charge in [-0.2, -0.15) is 0 Å². The van der Waals surface area contributed by atoms with Crippen LogP contribution in [-0.4, -0.2) is 24.0 Å². The number of carbonyl (C=O) groups excluding carboxylic acids is 2. The lowest BCUT2D eigenvalue weighted by atomic mass is 9.98. The third-order valence-electron chi connectivity index (χ3n) is 1.97. The molecule has 2 unspecified atom stereocenters. The first-order valence-corrected chi connectivity index (χ1v) is 3.88. The van der Waals surface area contributed by atoms with E-state index in [4.69, 9.17) is 5.73 Å². The van der Waals surface area contributed by atoms with Gasteiger partial charge in [-0.15, -0.1) is 0 Å². The molecule has 5 heteroatoms. The number of urea groups is 1. The van der Waals surface area contributed by atoms with E-state index < -0.39 is 11.9 Å². The van der Waals surface area contributed by atoms with Gasteiger partial charge < -0.3 is 16.4 Å². The number of amides is 3. The van der Waals surface area contributed by atoms with Crippen molar-refractivity contribution >= 4 is 11.9 Å². The highest BCUT2D eigenvalue weighted by atomic mass is 16.2. The maximum absolute atomic E-state index is 10.8. The molecule has 5 nitrogen and oxygen atoms in total. The molecule has 3 amide bonds. The first-order valence-electron chi connectivity index (χ1n) is 3.88. The van der Waals surface area contributed by atoms with Gasteiger partial charge in [-0.25, -0.2) is 4.79 Å². The summed E-state index contributed by atoms with van der Waals surface area (Å²) >= 11 is 0. The molecule has 0 aromatic heterocycles. The first-order chi connectivity index (χ1) is 5.52. The van der Waals surface area contributed by atoms with E-state index in [1.807, 2.05) is 13.8 Å². The van der Waals surface area contributed by atoms with Gasteiger partial charge in [-0.05, 0) is 5.92 Å². The van der Waals surface area contributed by atoms with Gasteiger partial charge in [0.05, 0.1) is 6.04 Å². The minimum absolute atomic E-state index is 0.185. The zero-order valence-electron chi connectivity index (χ0n) is 7.13. The largest absolute Gasteiger partial charge is 0.368 e. The summed E-state index contributed by atoms with van der Waals surface area (Å²) in [6.07, 6.45) is 0. The zero-order chi connectivity index (χ0) is 9.30. The molecule has 1 fully saturated rings. The Morgan fingerprint density at radius 2 is 2.08 bits per heavy atom. The SMILES string of the molecule is CC(C)C1NC(=O)NC1C(N)=O. The summed E-state index contributed by atoms with van der Waals surface area (Å²) in [6.45, 7) is 3.85. The summed E-state index contributed by atoms with van der Waals surface area (Å²) in [5, 5.41) is 5.09. The van der Waals surface area contributed by atoms with Crippen molar-refractivity contribution in [1.29, 1.82) is 0 Å². The topological polar surface area (TPSA) is 84.2 Å². The van der Waals surface area contributed by atoms with Crippen LogP contribution in [0.25, 0.3) is 0 Å². The third kappa shape index (κ3) is 1.49. The fraction of sp³-hybridized carbons (Fsp3) is 0.714. The highest BCUT2D eigenvalue weighted by Crippen LogP contribution is 2.10. The van der Waals surface area contributed by atoms with Gasteiger partial charge >= 0.3 is 6.03 Å². The fourth-order valence-corrected chi connectivity index (χ4v) is 1.31. The molecule has 68 valence electrons. The van der Waals surface area contributed by atoms with Gasteiger partial charge in [0.15, 0.2) is 0 Å². The van der Waals surface area contributed by atoms with Crippen LogP contribution in [0, 0.1) is 5.92 Å². The zero-order valence-corrected chi connectivity index (χ0v) is 7.13. The molecule has 12 heavy (non-hydrogen) atoms. The Hall–Kier alpha value is -1.26. The third-order valence-corrected chi connectivity index (χ3v) is 1.97. The van der Waals surface area contributed by atoms with Crippen molar-refractivity contribution in [3.05, 3.63) is 0 Å². The van der Waals surface area contributed by atoms with Crippen LogP contribution in [0.4, 0.5) is 4.79 Å². The molecule has 1 aliphatic rings. The van der Waals surface area contributed by atoms with Gasteiger partial charge in [0, 0.05) is 0 Å². The highest BCUT2D eigenvalue weighted by molar-refractivity contribution is 5.90. The molecule has 2 atom stereocenters. The van der Waals surface area contributed by atoms with Gasteiger partial charge in [-0.3, -0.25) is 4.79 Å². The maximum Gasteiger partial charge on any atom is 0.315 e. The summed E-state index contributed by atoms with van der Waals surface area (Å²) in [6, 6.07) is -1.08. The number of hydrogen-bond donors (Lipinski definition) is 3. The minimum Gasteiger partial charge on any atom is -0.368 e. The van der Waals surface area contributed by atoms with Crippen LogP contribution in [0.1, 0.15) is 13.8 Å². The summed E-state index contributed by atoms with van der Waals surface area (Å²) in [5.74, 6) is -0.298. The second-order valence-corrected chi connectivity index (χ2v) is 3.27. The smallest absolute Gasteiger partial charge is 0.315 e. The Morgan fingerprint density at radius 3 is 2.42 bits per heavy atom. The maximum atomic E-state index is 10.8. The molecule has 0 aromatic rings. The van der Waals surface area contributed by atoms with E-state index in [2.05, 4.69) is 10.6 Å². The van der Waals surface area contributed by atoms with Crippen LogP contribution < -0.4 is 16.4 Å². The van der Waals surface area contributed by atoms with Crippen LogP contribution in [0.5, 0.6) is 0 Å². The summed E-state index contributed by atoms with van der Waals surface area (Å²) in [5.41, 5.74) is 5.09. The average molecular weight is 171 g/mol. The predicted molar refractivity (Wildman–Crippen MR) is 43.3 cm³/mol. The molecule has 0 saturated carbocycles. The summed E-state index contributed by atoms with van der Waals surface area (Å²) in [4.78, 5) is 21.7. The Kier molecular flexibility index (Phi) is 2.21. The van der Waals surface area contributed by atoms with Crippen LogP contribution in [-0.2, 0) is 4.79 Å². The lowest BCUT2D eigenvalue weighted by molar-refractivity contribution is -0.120. The fourth-order valence-electron chi connectivity index (χ4n) is 1.31. The van der Waals surface area contributed by atoms with E-state index in [0.717, 1.165) is 0 Å². The van der Waals surface area contributed by atoms with Crippen LogP contribution >= 0.6 is 0 Å².